The predicted molar refractivity (Wildman–Crippen MR) is 147 cm³/mol. The van der Waals surface area contributed by atoms with Gasteiger partial charge >= 0.3 is 5.56 Å². The number of hydrogen-bond acceptors (Lipinski definition) is 4. The normalized spacial score (nSPS) is 11.8. The van der Waals surface area contributed by atoms with E-state index < -0.39 is 0 Å². The van der Waals surface area contributed by atoms with Crippen molar-refractivity contribution in [3.8, 4) is 11.5 Å². The Balaban J connectivity index is 1.74. The second-order valence-corrected chi connectivity index (χ2v) is 10.3. The molecule has 4 aromatic carbocycles. The molecule has 8 heteroatoms. The summed E-state index contributed by atoms with van der Waals surface area (Å²) in [6, 6.07) is 19.3. The zero-order valence-corrected chi connectivity index (χ0v) is 22.1. The highest BCUT2D eigenvalue weighted by atomic mass is 35.5. The highest BCUT2D eigenvalue weighted by Gasteiger charge is 2.28. The van der Waals surface area contributed by atoms with Gasteiger partial charge in [-0.15, -0.1) is 0 Å². The van der Waals surface area contributed by atoms with E-state index in [4.69, 9.17) is 32.7 Å². The molecule has 36 heavy (non-hydrogen) atoms. The Labute approximate surface area is 221 Å². The number of methoxy groups -OCH3 is 2. The van der Waals surface area contributed by atoms with Gasteiger partial charge in [0.25, 0.3) is 5.65 Å². The molecule has 6 aromatic rings. The number of hydrogen-bond donors (Lipinski definition) is 0. The number of nitrogens with zero attached hydrogens (tertiary/aromatic N) is 2. The third-order valence-corrected chi connectivity index (χ3v) is 8.39. The van der Waals surface area contributed by atoms with Crippen molar-refractivity contribution in [1.29, 1.82) is 0 Å². The lowest BCUT2D eigenvalue weighted by Gasteiger charge is -2.11. The van der Waals surface area contributed by atoms with Crippen molar-refractivity contribution >= 4 is 73.2 Å². The summed E-state index contributed by atoms with van der Waals surface area (Å²) in [6.45, 7) is 2.75. The standard InChI is InChI=1S/C28H21Cl2N2O3S/c1-4-31-20-13-22(34-2)23(35-3)14-21(20)32-27(31)17-7-5-6-16-24(11-9-18(26(16)17)28(32)33)36-25-12-15(29)8-10-19(25)30/h5-14H,4H2,1-3H3/q+1. The Morgan fingerprint density at radius 3 is 2.39 bits per heavy atom. The van der Waals surface area contributed by atoms with Crippen molar-refractivity contribution in [2.24, 2.45) is 0 Å². The van der Waals surface area contributed by atoms with Gasteiger partial charge in [0.15, 0.2) is 22.5 Å². The van der Waals surface area contributed by atoms with Crippen LogP contribution in [0, 0.1) is 0 Å². The third-order valence-electron chi connectivity index (χ3n) is 6.58. The zero-order valence-electron chi connectivity index (χ0n) is 19.8. The molecule has 2 aromatic heterocycles. The average molecular weight is 536 g/mol. The summed E-state index contributed by atoms with van der Waals surface area (Å²) in [5, 5.41) is 4.84. The molecule has 0 N–H and O–H groups in total. The number of benzene rings is 4. The molecule has 0 spiro atoms. The molecule has 0 unspecified atom stereocenters. The minimum absolute atomic E-state index is 0.0737. The average Bonchev–Trinajstić information content (AvgIpc) is 3.22. The van der Waals surface area contributed by atoms with E-state index in [-0.39, 0.29) is 5.56 Å². The highest BCUT2D eigenvalue weighted by molar-refractivity contribution is 7.99. The second-order valence-electron chi connectivity index (χ2n) is 8.42. The van der Waals surface area contributed by atoms with E-state index in [1.807, 2.05) is 36.4 Å². The first-order chi connectivity index (χ1) is 17.5. The number of ether oxygens (including phenoxy) is 2. The lowest BCUT2D eigenvalue weighted by Crippen LogP contribution is -2.33. The van der Waals surface area contributed by atoms with Crippen LogP contribution in [0.15, 0.2) is 75.2 Å². The molecule has 180 valence electrons. The molecular weight excluding hydrogens is 515 g/mol. The number of aromatic nitrogens is 2. The summed E-state index contributed by atoms with van der Waals surface area (Å²) in [4.78, 5) is 15.9. The fraction of sp³-hybridized carbons (Fsp3) is 0.143. The van der Waals surface area contributed by atoms with E-state index in [0.29, 0.717) is 33.5 Å². The quantitative estimate of drug-likeness (QED) is 0.223. The monoisotopic (exact) mass is 535 g/mol. The molecule has 0 bridgehead atoms. The van der Waals surface area contributed by atoms with Gasteiger partial charge in [-0.05, 0) is 48.7 Å². The van der Waals surface area contributed by atoms with E-state index in [2.05, 4.69) is 23.6 Å². The maximum absolute atomic E-state index is 14.0. The zero-order chi connectivity index (χ0) is 25.1. The summed E-state index contributed by atoms with van der Waals surface area (Å²) in [5.41, 5.74) is 2.45. The minimum Gasteiger partial charge on any atom is -0.493 e. The topological polar surface area (TPSA) is 43.8 Å². The van der Waals surface area contributed by atoms with Crippen LogP contribution in [0.2, 0.25) is 10.0 Å². The summed E-state index contributed by atoms with van der Waals surface area (Å²) in [7, 11) is 3.21. The minimum atomic E-state index is -0.0737. The fourth-order valence-electron chi connectivity index (χ4n) is 5.02. The first kappa shape index (κ1) is 23.2. The predicted octanol–water partition coefficient (Wildman–Crippen LogP) is 6.98. The maximum atomic E-state index is 14.0. The van der Waals surface area contributed by atoms with Crippen LogP contribution >= 0.6 is 35.0 Å². The molecule has 0 amide bonds. The van der Waals surface area contributed by atoms with Crippen molar-refractivity contribution < 1.29 is 14.0 Å². The Morgan fingerprint density at radius 1 is 0.889 bits per heavy atom. The number of fused-ring (bicyclic) bond motifs is 4. The number of halogens is 2. The van der Waals surface area contributed by atoms with Crippen molar-refractivity contribution in [1.82, 2.24) is 4.40 Å². The van der Waals surface area contributed by atoms with Crippen LogP contribution in [-0.4, -0.2) is 18.6 Å². The van der Waals surface area contributed by atoms with Gasteiger partial charge < -0.3 is 9.47 Å². The lowest BCUT2D eigenvalue weighted by atomic mass is 10.0. The van der Waals surface area contributed by atoms with Crippen LogP contribution in [-0.2, 0) is 6.54 Å². The molecule has 0 atom stereocenters. The van der Waals surface area contributed by atoms with Gasteiger partial charge in [-0.2, -0.15) is 4.40 Å². The Hall–Kier alpha value is -3.19. The van der Waals surface area contributed by atoms with Crippen molar-refractivity contribution in [3.63, 3.8) is 0 Å². The van der Waals surface area contributed by atoms with Crippen LogP contribution in [0.3, 0.4) is 0 Å². The van der Waals surface area contributed by atoms with Gasteiger partial charge in [0, 0.05) is 32.3 Å². The molecule has 5 nitrogen and oxygen atoms in total. The van der Waals surface area contributed by atoms with E-state index in [9.17, 15) is 4.79 Å². The molecule has 0 aliphatic heterocycles. The first-order valence-corrected chi connectivity index (χ1v) is 13.0. The van der Waals surface area contributed by atoms with E-state index in [1.165, 1.54) is 0 Å². The van der Waals surface area contributed by atoms with Gasteiger partial charge in [-0.25, -0.2) is 9.36 Å². The first-order valence-electron chi connectivity index (χ1n) is 11.4. The Kier molecular flexibility index (Phi) is 5.63. The highest BCUT2D eigenvalue weighted by Crippen LogP contribution is 2.41. The smallest absolute Gasteiger partial charge is 0.347 e. The molecule has 0 aliphatic carbocycles. The van der Waals surface area contributed by atoms with Crippen LogP contribution < -0.4 is 19.6 Å². The summed E-state index contributed by atoms with van der Waals surface area (Å²) >= 11 is 14.2. The van der Waals surface area contributed by atoms with Crippen molar-refractivity contribution in [2.45, 2.75) is 23.3 Å². The number of pyridine rings is 1. The van der Waals surface area contributed by atoms with Crippen LogP contribution in [0.25, 0.3) is 38.2 Å². The molecule has 0 saturated heterocycles. The van der Waals surface area contributed by atoms with Gasteiger partial charge in [-0.3, -0.25) is 0 Å². The molecule has 6 rings (SSSR count). The number of imidazole rings is 1. The fourth-order valence-corrected chi connectivity index (χ4v) is 6.50. The third kappa shape index (κ3) is 3.32. The van der Waals surface area contributed by atoms with Gasteiger partial charge in [0.1, 0.15) is 0 Å². The van der Waals surface area contributed by atoms with Gasteiger partial charge in [0.2, 0.25) is 0 Å². The van der Waals surface area contributed by atoms with Crippen LogP contribution in [0.1, 0.15) is 6.92 Å². The largest absolute Gasteiger partial charge is 0.493 e. The maximum Gasteiger partial charge on any atom is 0.347 e. The van der Waals surface area contributed by atoms with Crippen molar-refractivity contribution in [2.75, 3.05) is 14.2 Å². The SMILES string of the molecule is CC[n+]1c2cc(OC)c(OC)cc2n2c(=O)c3ccc(Sc4cc(Cl)ccc4Cl)c4cccc(c43)c21. The van der Waals surface area contributed by atoms with Crippen LogP contribution in [0.4, 0.5) is 0 Å². The summed E-state index contributed by atoms with van der Waals surface area (Å²) < 4.78 is 15.0. The summed E-state index contributed by atoms with van der Waals surface area (Å²) in [5.74, 6) is 1.20. The molecule has 2 heterocycles. The lowest BCUT2D eigenvalue weighted by molar-refractivity contribution is -0.641. The molecule has 0 saturated carbocycles. The van der Waals surface area contributed by atoms with Crippen molar-refractivity contribution in [3.05, 3.63) is 81.1 Å². The Morgan fingerprint density at radius 2 is 1.64 bits per heavy atom. The molecule has 0 aliphatic rings. The number of rotatable bonds is 5. The van der Waals surface area contributed by atoms with E-state index in [0.717, 1.165) is 42.6 Å². The molecule has 0 radical (unpaired) electrons. The summed E-state index contributed by atoms with van der Waals surface area (Å²) in [6.07, 6.45) is 0. The second kappa shape index (κ2) is 8.73. The van der Waals surface area contributed by atoms with Gasteiger partial charge in [0.05, 0.1) is 36.6 Å². The van der Waals surface area contributed by atoms with Gasteiger partial charge in [-0.1, -0.05) is 47.1 Å². The van der Waals surface area contributed by atoms with E-state index >= 15 is 0 Å². The van der Waals surface area contributed by atoms with Crippen LogP contribution in [0.5, 0.6) is 11.5 Å². The van der Waals surface area contributed by atoms with E-state index in [1.54, 1.807) is 42.5 Å². The Bertz CT molecular complexity index is 1880. The molecular formula is C28H21Cl2N2O3S+. The number of aryl methyl sites for hydroxylation is 1. The molecule has 0 fully saturated rings.